The van der Waals surface area contributed by atoms with Crippen LogP contribution in [0.1, 0.15) is 12.0 Å². The van der Waals surface area contributed by atoms with E-state index in [0.717, 1.165) is 0 Å². The summed E-state index contributed by atoms with van der Waals surface area (Å²) in [7, 11) is 1.48. The molecule has 0 saturated carbocycles. The molecule has 0 radical (unpaired) electrons. The van der Waals surface area contributed by atoms with Gasteiger partial charge in [-0.1, -0.05) is 0 Å². The van der Waals surface area contributed by atoms with Crippen LogP contribution in [0.5, 0.6) is 11.5 Å². The minimum atomic E-state index is -2.87. The van der Waals surface area contributed by atoms with Crippen LogP contribution in [0.4, 0.5) is 8.78 Å². The van der Waals surface area contributed by atoms with Crippen molar-refractivity contribution in [1.82, 2.24) is 0 Å². The zero-order valence-corrected chi connectivity index (χ0v) is 8.74. The Bertz CT molecular complexity index is 388. The summed E-state index contributed by atoms with van der Waals surface area (Å²) in [4.78, 5) is 0. The number of ether oxygens (including phenoxy) is 2. The molecule has 0 aliphatic heterocycles. The summed E-state index contributed by atoms with van der Waals surface area (Å²) in [6, 6.07) is 6.49. The first-order valence-corrected chi connectivity index (χ1v) is 4.66. The molecule has 3 nitrogen and oxygen atoms in total. The molecular weight excluding hydrogens is 216 g/mol. The van der Waals surface area contributed by atoms with Crippen LogP contribution in [0, 0.1) is 11.3 Å². The second-order valence-corrected chi connectivity index (χ2v) is 3.01. The van der Waals surface area contributed by atoms with E-state index in [1.807, 2.05) is 6.07 Å². The van der Waals surface area contributed by atoms with Gasteiger partial charge in [-0.25, -0.2) is 0 Å². The quantitative estimate of drug-likeness (QED) is 0.776. The molecule has 0 bridgehead atoms. The van der Waals surface area contributed by atoms with Gasteiger partial charge in [-0.05, 0) is 30.2 Å². The van der Waals surface area contributed by atoms with Crippen molar-refractivity contribution in [3.8, 4) is 17.6 Å². The van der Waals surface area contributed by atoms with Crippen LogP contribution in [0.15, 0.2) is 18.2 Å². The van der Waals surface area contributed by atoms with E-state index >= 15 is 0 Å². The maximum atomic E-state index is 12.1. The first-order chi connectivity index (χ1) is 7.67. The summed E-state index contributed by atoms with van der Waals surface area (Å²) in [5.74, 6) is 0.639. The van der Waals surface area contributed by atoms with Crippen molar-refractivity contribution < 1.29 is 18.3 Å². The van der Waals surface area contributed by atoms with Gasteiger partial charge in [0.1, 0.15) is 11.5 Å². The van der Waals surface area contributed by atoms with Crippen LogP contribution < -0.4 is 9.47 Å². The maximum absolute atomic E-state index is 12.1. The number of aryl methyl sites for hydroxylation is 1. The second-order valence-electron chi connectivity index (χ2n) is 3.01. The van der Waals surface area contributed by atoms with Crippen molar-refractivity contribution in [2.45, 2.75) is 19.5 Å². The Labute approximate surface area is 92.2 Å². The summed E-state index contributed by atoms with van der Waals surface area (Å²) >= 11 is 0. The lowest BCUT2D eigenvalue weighted by Gasteiger charge is -2.11. The Morgan fingerprint density at radius 2 is 2.19 bits per heavy atom. The highest BCUT2D eigenvalue weighted by Crippen LogP contribution is 2.26. The number of methoxy groups -OCH3 is 1. The fourth-order valence-electron chi connectivity index (χ4n) is 1.28. The van der Waals surface area contributed by atoms with Gasteiger partial charge in [0.25, 0.3) is 0 Å². The van der Waals surface area contributed by atoms with E-state index in [2.05, 4.69) is 4.74 Å². The average Bonchev–Trinajstić information content (AvgIpc) is 2.27. The van der Waals surface area contributed by atoms with E-state index in [-0.39, 0.29) is 12.2 Å². The number of benzene rings is 1. The largest absolute Gasteiger partial charge is 0.497 e. The van der Waals surface area contributed by atoms with Crippen molar-refractivity contribution in [2.24, 2.45) is 0 Å². The Morgan fingerprint density at radius 1 is 1.44 bits per heavy atom. The topological polar surface area (TPSA) is 42.2 Å². The SMILES string of the molecule is COc1ccc(OC(F)F)c(CCC#N)c1. The minimum absolute atomic E-state index is 0.0889. The fraction of sp³-hybridized carbons (Fsp3) is 0.364. The second kappa shape index (κ2) is 5.91. The van der Waals surface area contributed by atoms with Crippen molar-refractivity contribution in [3.05, 3.63) is 23.8 Å². The Kier molecular flexibility index (Phi) is 4.52. The van der Waals surface area contributed by atoms with Gasteiger partial charge in [-0.15, -0.1) is 0 Å². The molecule has 0 aliphatic carbocycles. The number of hydrogen-bond acceptors (Lipinski definition) is 3. The summed E-state index contributed by atoms with van der Waals surface area (Å²) in [5.41, 5.74) is 0.543. The Morgan fingerprint density at radius 3 is 2.75 bits per heavy atom. The molecule has 1 aromatic rings. The van der Waals surface area contributed by atoms with Gasteiger partial charge >= 0.3 is 6.61 Å². The molecule has 0 saturated heterocycles. The van der Waals surface area contributed by atoms with Crippen LogP contribution in [0.3, 0.4) is 0 Å². The molecular formula is C11H11F2NO2. The number of hydrogen-bond donors (Lipinski definition) is 0. The van der Waals surface area contributed by atoms with Gasteiger partial charge < -0.3 is 9.47 Å². The summed E-state index contributed by atoms with van der Waals surface area (Å²) in [6.07, 6.45) is 0.600. The van der Waals surface area contributed by atoms with Gasteiger partial charge in [0.2, 0.25) is 0 Å². The standard InChI is InChI=1S/C11H11F2NO2/c1-15-9-4-5-10(16-11(12)13)8(7-9)3-2-6-14/h4-5,7,11H,2-3H2,1H3. The predicted octanol–water partition coefficient (Wildman–Crippen LogP) is 2.75. The smallest absolute Gasteiger partial charge is 0.387 e. The molecule has 0 fully saturated rings. The summed E-state index contributed by atoms with van der Waals surface area (Å²) in [6.45, 7) is -2.87. The third-order valence-corrected chi connectivity index (χ3v) is 1.99. The van der Waals surface area contributed by atoms with E-state index in [1.165, 1.54) is 19.2 Å². The van der Waals surface area contributed by atoms with Crippen molar-refractivity contribution in [3.63, 3.8) is 0 Å². The number of nitriles is 1. The molecule has 0 unspecified atom stereocenters. The van der Waals surface area contributed by atoms with Gasteiger partial charge in [0.15, 0.2) is 0 Å². The van der Waals surface area contributed by atoms with Crippen molar-refractivity contribution in [1.29, 1.82) is 5.26 Å². The molecule has 0 heterocycles. The number of rotatable bonds is 5. The molecule has 86 valence electrons. The first-order valence-electron chi connectivity index (χ1n) is 4.66. The van der Waals surface area contributed by atoms with E-state index in [9.17, 15) is 8.78 Å². The molecule has 1 aromatic carbocycles. The van der Waals surface area contributed by atoms with Crippen molar-refractivity contribution >= 4 is 0 Å². The highest BCUT2D eigenvalue weighted by Gasteiger charge is 2.10. The summed E-state index contributed by atoms with van der Waals surface area (Å²) in [5, 5.41) is 8.46. The summed E-state index contributed by atoms with van der Waals surface area (Å²) < 4.78 is 33.5. The van der Waals surface area contributed by atoms with Crippen molar-refractivity contribution in [2.75, 3.05) is 7.11 Å². The average molecular weight is 227 g/mol. The molecule has 0 N–H and O–H groups in total. The number of halogens is 2. The third kappa shape index (κ3) is 3.39. The van der Waals surface area contributed by atoms with Crippen LogP contribution >= 0.6 is 0 Å². The van der Waals surface area contributed by atoms with Crippen LogP contribution in [-0.2, 0) is 6.42 Å². The van der Waals surface area contributed by atoms with E-state index in [1.54, 1.807) is 6.07 Å². The zero-order valence-electron chi connectivity index (χ0n) is 8.74. The van der Waals surface area contributed by atoms with Gasteiger partial charge in [0.05, 0.1) is 13.2 Å². The molecule has 0 amide bonds. The lowest BCUT2D eigenvalue weighted by atomic mass is 10.1. The first kappa shape index (κ1) is 12.2. The third-order valence-electron chi connectivity index (χ3n) is 1.99. The lowest BCUT2D eigenvalue weighted by molar-refractivity contribution is -0.0504. The molecule has 0 aromatic heterocycles. The minimum Gasteiger partial charge on any atom is -0.497 e. The monoisotopic (exact) mass is 227 g/mol. The molecule has 0 aliphatic rings. The Hall–Kier alpha value is -1.83. The van der Waals surface area contributed by atoms with Crippen LogP contribution in [-0.4, -0.2) is 13.7 Å². The van der Waals surface area contributed by atoms with Crippen LogP contribution in [0.25, 0.3) is 0 Å². The fourth-order valence-corrected chi connectivity index (χ4v) is 1.28. The van der Waals surface area contributed by atoms with Gasteiger partial charge in [0, 0.05) is 6.42 Å². The van der Waals surface area contributed by atoms with Gasteiger partial charge in [-0.3, -0.25) is 0 Å². The molecule has 5 heteroatoms. The highest BCUT2D eigenvalue weighted by molar-refractivity contribution is 5.40. The Balaban J connectivity index is 2.92. The number of nitrogens with zero attached hydrogens (tertiary/aromatic N) is 1. The molecule has 0 spiro atoms. The van der Waals surface area contributed by atoms with E-state index in [4.69, 9.17) is 10.00 Å². The molecule has 1 rings (SSSR count). The van der Waals surface area contributed by atoms with E-state index in [0.29, 0.717) is 17.7 Å². The predicted molar refractivity (Wildman–Crippen MR) is 53.6 cm³/mol. The lowest BCUT2D eigenvalue weighted by Crippen LogP contribution is -2.04. The molecule has 0 atom stereocenters. The molecule has 16 heavy (non-hydrogen) atoms. The maximum Gasteiger partial charge on any atom is 0.387 e. The van der Waals surface area contributed by atoms with Gasteiger partial charge in [-0.2, -0.15) is 14.0 Å². The normalized spacial score (nSPS) is 9.94. The number of alkyl halides is 2. The van der Waals surface area contributed by atoms with E-state index < -0.39 is 6.61 Å². The zero-order chi connectivity index (χ0) is 12.0. The van der Waals surface area contributed by atoms with Crippen LogP contribution in [0.2, 0.25) is 0 Å². The highest BCUT2D eigenvalue weighted by atomic mass is 19.3.